The van der Waals surface area contributed by atoms with Crippen molar-refractivity contribution in [2.24, 2.45) is 0 Å². The van der Waals surface area contributed by atoms with E-state index in [1.54, 1.807) is 34.3 Å². The number of thiazole rings is 1. The molecule has 8 heteroatoms. The van der Waals surface area contributed by atoms with E-state index in [-0.39, 0.29) is 24.9 Å². The number of carbonyl (C=O) groups is 1. The fraction of sp³-hybridized carbons (Fsp3) is 0.286. The van der Waals surface area contributed by atoms with E-state index in [1.165, 1.54) is 11.3 Å². The molecule has 118 valence electrons. The highest BCUT2D eigenvalue weighted by molar-refractivity contribution is 7.06. The first kappa shape index (κ1) is 16.4. The van der Waals surface area contributed by atoms with Crippen LogP contribution in [0.3, 0.4) is 0 Å². The van der Waals surface area contributed by atoms with Gasteiger partial charge in [0.05, 0.1) is 13.2 Å². The van der Waals surface area contributed by atoms with Crippen molar-refractivity contribution in [3.8, 4) is 11.5 Å². The highest BCUT2D eigenvalue weighted by atomic mass is 35.5. The van der Waals surface area contributed by atoms with Crippen molar-refractivity contribution in [3.05, 3.63) is 34.6 Å². The number of amides is 1. The molecule has 0 bridgehead atoms. The van der Waals surface area contributed by atoms with E-state index >= 15 is 0 Å². The third kappa shape index (κ3) is 3.80. The van der Waals surface area contributed by atoms with Crippen LogP contribution >= 0.6 is 23.7 Å². The number of hydrogen-bond acceptors (Lipinski definition) is 5. The summed E-state index contributed by atoms with van der Waals surface area (Å²) < 4.78 is 12.7. The second-order valence-electron chi connectivity index (χ2n) is 4.60. The van der Waals surface area contributed by atoms with Crippen LogP contribution in [-0.4, -0.2) is 23.7 Å². The molecule has 1 amide bonds. The number of fused-ring (bicyclic) bond motifs is 1. The van der Waals surface area contributed by atoms with Gasteiger partial charge in [-0.2, -0.15) is 0 Å². The summed E-state index contributed by atoms with van der Waals surface area (Å²) in [6.45, 7) is 1.37. The summed E-state index contributed by atoms with van der Waals surface area (Å²) >= 11 is 1.29. The van der Waals surface area contributed by atoms with Gasteiger partial charge in [-0.05, 0) is 12.1 Å². The van der Waals surface area contributed by atoms with Crippen LogP contribution in [0.25, 0.3) is 0 Å². The Bertz CT molecular complexity index is 713. The Labute approximate surface area is 137 Å². The number of nitrogens with zero attached hydrogens (tertiary/aromatic N) is 1. The standard InChI is InChI=1S/C14H15N3O3S.ClH/c15-14-17(4-7-21-14)9-13(18)16-10-2-3-11-12(8-10)20-6-1-5-19-11;/h2-4,7-8,15H,1,5-6,9H2,(H,16,18);1H. The molecule has 22 heavy (non-hydrogen) atoms. The molecule has 2 heterocycles. The molecule has 0 radical (unpaired) electrons. The van der Waals surface area contributed by atoms with Crippen LogP contribution < -0.4 is 19.6 Å². The average molecular weight is 342 g/mol. The van der Waals surface area contributed by atoms with Crippen LogP contribution in [0, 0.1) is 5.41 Å². The highest BCUT2D eigenvalue weighted by Gasteiger charge is 2.12. The molecular formula is C14H16ClN3O3S. The minimum absolute atomic E-state index is 0. The number of ether oxygens (including phenoxy) is 2. The third-order valence-electron chi connectivity index (χ3n) is 3.03. The van der Waals surface area contributed by atoms with Crippen LogP contribution in [0.15, 0.2) is 29.8 Å². The summed E-state index contributed by atoms with van der Waals surface area (Å²) in [6.07, 6.45) is 2.57. The lowest BCUT2D eigenvalue weighted by atomic mass is 10.2. The van der Waals surface area contributed by atoms with Crippen molar-refractivity contribution in [1.29, 1.82) is 5.41 Å². The van der Waals surface area contributed by atoms with Gasteiger partial charge >= 0.3 is 0 Å². The lowest BCUT2D eigenvalue weighted by Crippen LogP contribution is -2.23. The van der Waals surface area contributed by atoms with E-state index < -0.39 is 0 Å². The number of rotatable bonds is 3. The molecule has 0 fully saturated rings. The van der Waals surface area contributed by atoms with Gasteiger partial charge in [0.1, 0.15) is 6.54 Å². The second kappa shape index (κ2) is 7.33. The van der Waals surface area contributed by atoms with Crippen molar-refractivity contribution in [2.45, 2.75) is 13.0 Å². The summed E-state index contributed by atoms with van der Waals surface area (Å²) in [7, 11) is 0. The van der Waals surface area contributed by atoms with Gasteiger partial charge in [0.2, 0.25) is 5.91 Å². The Kier molecular flexibility index (Phi) is 5.46. The molecule has 1 aromatic heterocycles. The summed E-state index contributed by atoms with van der Waals surface area (Å²) in [6, 6.07) is 5.34. The number of benzene rings is 1. The minimum atomic E-state index is -0.179. The number of halogens is 1. The van der Waals surface area contributed by atoms with Crippen molar-refractivity contribution in [2.75, 3.05) is 18.5 Å². The third-order valence-corrected chi connectivity index (χ3v) is 3.74. The molecule has 2 N–H and O–H groups in total. The van der Waals surface area contributed by atoms with E-state index in [9.17, 15) is 4.79 Å². The Balaban J connectivity index is 0.00000176. The Hall–Kier alpha value is -1.99. The van der Waals surface area contributed by atoms with Crippen LogP contribution in [0.1, 0.15) is 6.42 Å². The fourth-order valence-corrected chi connectivity index (χ4v) is 2.62. The van der Waals surface area contributed by atoms with E-state index in [1.807, 2.05) is 0 Å². The lowest BCUT2D eigenvalue weighted by Gasteiger charge is -2.10. The summed E-state index contributed by atoms with van der Waals surface area (Å²) in [5.41, 5.74) is 0.659. The number of anilines is 1. The maximum Gasteiger partial charge on any atom is 0.244 e. The van der Waals surface area contributed by atoms with Crippen LogP contribution in [-0.2, 0) is 11.3 Å². The molecule has 1 aliphatic rings. The SMILES string of the molecule is Cl.N=c1sccn1CC(=O)Nc1ccc2c(c1)OCCCO2. The van der Waals surface area contributed by atoms with Crippen molar-refractivity contribution < 1.29 is 14.3 Å². The van der Waals surface area contributed by atoms with Crippen molar-refractivity contribution in [3.63, 3.8) is 0 Å². The van der Waals surface area contributed by atoms with E-state index in [0.29, 0.717) is 35.2 Å². The monoisotopic (exact) mass is 341 g/mol. The molecular weight excluding hydrogens is 326 g/mol. The van der Waals surface area contributed by atoms with Gasteiger partial charge < -0.3 is 19.4 Å². The smallest absolute Gasteiger partial charge is 0.244 e. The molecule has 3 rings (SSSR count). The first-order valence-electron chi connectivity index (χ1n) is 6.60. The Morgan fingerprint density at radius 1 is 1.32 bits per heavy atom. The molecule has 0 spiro atoms. The van der Waals surface area contributed by atoms with Gasteiger partial charge in [-0.3, -0.25) is 10.2 Å². The number of aromatic nitrogens is 1. The maximum absolute atomic E-state index is 12.0. The van der Waals surface area contributed by atoms with Crippen LogP contribution in [0.4, 0.5) is 5.69 Å². The van der Waals surface area contributed by atoms with Gasteiger partial charge in [-0.15, -0.1) is 23.7 Å². The molecule has 6 nitrogen and oxygen atoms in total. The molecule has 0 unspecified atom stereocenters. The van der Waals surface area contributed by atoms with Gasteiger partial charge in [0.15, 0.2) is 16.3 Å². The fourth-order valence-electron chi connectivity index (χ4n) is 2.02. The first-order valence-corrected chi connectivity index (χ1v) is 7.48. The average Bonchev–Trinajstić information content (AvgIpc) is 2.74. The second-order valence-corrected chi connectivity index (χ2v) is 5.49. The minimum Gasteiger partial charge on any atom is -0.490 e. The zero-order valence-corrected chi connectivity index (χ0v) is 13.3. The van der Waals surface area contributed by atoms with E-state index in [2.05, 4.69) is 5.32 Å². The summed E-state index contributed by atoms with van der Waals surface area (Å²) in [4.78, 5) is 12.3. The zero-order chi connectivity index (χ0) is 14.7. The number of hydrogen-bond donors (Lipinski definition) is 2. The van der Waals surface area contributed by atoms with Gasteiger partial charge in [0.25, 0.3) is 0 Å². The Morgan fingerprint density at radius 3 is 2.82 bits per heavy atom. The molecule has 1 aromatic carbocycles. The van der Waals surface area contributed by atoms with Gasteiger partial charge in [-0.1, -0.05) is 0 Å². The molecule has 2 aromatic rings. The van der Waals surface area contributed by atoms with E-state index in [0.717, 1.165) is 6.42 Å². The van der Waals surface area contributed by atoms with Crippen molar-refractivity contribution >= 4 is 35.3 Å². The molecule has 0 aliphatic carbocycles. The lowest BCUT2D eigenvalue weighted by molar-refractivity contribution is -0.116. The zero-order valence-electron chi connectivity index (χ0n) is 11.7. The van der Waals surface area contributed by atoms with Gasteiger partial charge in [0, 0.05) is 29.8 Å². The van der Waals surface area contributed by atoms with Crippen LogP contribution in [0.2, 0.25) is 0 Å². The van der Waals surface area contributed by atoms with Gasteiger partial charge in [-0.25, -0.2) is 0 Å². The van der Waals surface area contributed by atoms with E-state index in [4.69, 9.17) is 14.9 Å². The Morgan fingerprint density at radius 2 is 2.09 bits per heavy atom. The largest absolute Gasteiger partial charge is 0.490 e. The number of nitrogens with one attached hydrogen (secondary N) is 2. The van der Waals surface area contributed by atoms with Crippen molar-refractivity contribution in [1.82, 2.24) is 4.57 Å². The molecule has 0 saturated heterocycles. The highest BCUT2D eigenvalue weighted by Crippen LogP contribution is 2.32. The molecule has 0 saturated carbocycles. The quantitative estimate of drug-likeness (QED) is 0.899. The molecule has 1 aliphatic heterocycles. The topological polar surface area (TPSA) is 76.3 Å². The summed E-state index contributed by atoms with van der Waals surface area (Å²) in [5.74, 6) is 1.17. The predicted octanol–water partition coefficient (Wildman–Crippen LogP) is 2.25. The first-order chi connectivity index (χ1) is 10.2. The summed E-state index contributed by atoms with van der Waals surface area (Å²) in [5, 5.41) is 12.2. The van der Waals surface area contributed by atoms with Crippen LogP contribution in [0.5, 0.6) is 11.5 Å². The predicted molar refractivity (Wildman–Crippen MR) is 86.1 cm³/mol. The molecule has 0 atom stereocenters. The maximum atomic E-state index is 12.0. The number of carbonyl (C=O) groups excluding carboxylic acids is 1. The normalized spacial score (nSPS) is 12.9.